The average Bonchev–Trinajstić information content (AvgIpc) is 3.77. The van der Waals surface area contributed by atoms with Gasteiger partial charge in [0.2, 0.25) is 0 Å². The number of hydrogen-bond acceptors (Lipinski definition) is 14. The summed E-state index contributed by atoms with van der Waals surface area (Å²) in [6.45, 7) is 12.6. The number of thiazole rings is 2. The second kappa shape index (κ2) is 22.8. The Morgan fingerprint density at radius 3 is 1.51 bits per heavy atom. The third-order valence-electron chi connectivity index (χ3n) is 7.35. The molecule has 0 aliphatic carbocycles. The van der Waals surface area contributed by atoms with Crippen molar-refractivity contribution >= 4 is 117 Å². The van der Waals surface area contributed by atoms with Gasteiger partial charge in [-0.25, -0.2) is 19.6 Å². The van der Waals surface area contributed by atoms with Crippen LogP contribution in [0.4, 0.5) is 15.3 Å². The van der Waals surface area contributed by atoms with E-state index in [2.05, 4.69) is 77.8 Å². The van der Waals surface area contributed by atoms with Crippen molar-refractivity contribution in [3.8, 4) is 11.5 Å². The normalized spacial score (nSPS) is 11.5. The smallest absolute Gasteiger partial charge is 0.466 e. The SMILES string of the molecule is CC(C)(C)OC(=O)OC(=O)OC(C)(C)C.COCOc1ccc(/C=C/c2nc3ccc(C)cc3s2)cc1Br.COCOc1ccc(/C=C/c2nc3ccc(N)cc3s2)cc1Br. The van der Waals surface area contributed by atoms with Gasteiger partial charge in [0, 0.05) is 19.9 Å². The number of aromatic nitrogens is 2. The summed E-state index contributed by atoms with van der Waals surface area (Å²) in [7, 11) is 3.20. The fourth-order valence-corrected chi connectivity index (χ4v) is 7.73. The molecule has 12 nitrogen and oxygen atoms in total. The molecule has 0 aliphatic rings. The maximum Gasteiger partial charge on any atom is 0.519 e. The van der Waals surface area contributed by atoms with Crippen LogP contribution in [0.1, 0.15) is 68.2 Å². The van der Waals surface area contributed by atoms with E-state index in [0.717, 1.165) is 63.0 Å². The first kappa shape index (κ1) is 48.8. The Morgan fingerprint density at radius 2 is 1.08 bits per heavy atom. The molecule has 0 saturated carbocycles. The third kappa shape index (κ3) is 17.2. The Labute approximate surface area is 380 Å². The van der Waals surface area contributed by atoms with Crippen molar-refractivity contribution < 1.29 is 42.7 Å². The lowest BCUT2D eigenvalue weighted by Gasteiger charge is -2.20. The highest BCUT2D eigenvalue weighted by molar-refractivity contribution is 9.11. The first-order chi connectivity index (χ1) is 28.8. The molecule has 0 spiro atoms. The molecular weight excluding hydrogens is 950 g/mol. The number of carbonyl (C=O) groups excluding carboxylic acids is 2. The average molecular weight is 1000 g/mol. The van der Waals surface area contributed by atoms with Crippen molar-refractivity contribution in [1.82, 2.24) is 9.97 Å². The maximum atomic E-state index is 11.0. The van der Waals surface area contributed by atoms with Gasteiger partial charge in [-0.2, -0.15) is 0 Å². The number of nitrogens with zero attached hydrogens (tertiary/aromatic N) is 2. The lowest BCUT2D eigenvalue weighted by molar-refractivity contribution is -0.0294. The van der Waals surface area contributed by atoms with Gasteiger partial charge in [-0.1, -0.05) is 30.4 Å². The second-order valence-electron chi connectivity index (χ2n) is 15.0. The number of aryl methyl sites for hydroxylation is 1. The largest absolute Gasteiger partial charge is 0.519 e. The van der Waals surface area contributed by atoms with Crippen LogP contribution in [0.25, 0.3) is 44.7 Å². The summed E-state index contributed by atoms with van der Waals surface area (Å²) >= 11 is 10.3. The van der Waals surface area contributed by atoms with Crippen LogP contribution in [0.15, 0.2) is 81.7 Å². The van der Waals surface area contributed by atoms with Crippen LogP contribution in [0.2, 0.25) is 0 Å². The van der Waals surface area contributed by atoms with Crippen LogP contribution < -0.4 is 15.2 Å². The molecule has 16 heteroatoms. The number of carbonyl (C=O) groups is 2. The van der Waals surface area contributed by atoms with Crippen molar-refractivity contribution in [2.75, 3.05) is 33.5 Å². The summed E-state index contributed by atoms with van der Waals surface area (Å²) in [5.74, 6) is 1.51. The zero-order valence-electron chi connectivity index (χ0n) is 35.4. The number of halogens is 2. The molecule has 2 aromatic heterocycles. The molecule has 0 amide bonds. The van der Waals surface area contributed by atoms with Gasteiger partial charge in [-0.3, -0.25) is 0 Å². The van der Waals surface area contributed by atoms with E-state index in [4.69, 9.17) is 34.2 Å². The number of hydrogen-bond donors (Lipinski definition) is 1. The molecule has 4 aromatic carbocycles. The van der Waals surface area contributed by atoms with Crippen molar-refractivity contribution in [1.29, 1.82) is 0 Å². The van der Waals surface area contributed by atoms with Crippen molar-refractivity contribution in [3.63, 3.8) is 0 Å². The maximum absolute atomic E-state index is 11.0. The quantitative estimate of drug-likeness (QED) is 0.0602. The van der Waals surface area contributed by atoms with Crippen LogP contribution in [0, 0.1) is 6.92 Å². The highest BCUT2D eigenvalue weighted by Crippen LogP contribution is 2.30. The zero-order valence-corrected chi connectivity index (χ0v) is 40.2. The van der Waals surface area contributed by atoms with Gasteiger partial charge in [0.25, 0.3) is 0 Å². The highest BCUT2D eigenvalue weighted by atomic mass is 79.9. The van der Waals surface area contributed by atoms with E-state index >= 15 is 0 Å². The third-order valence-corrected chi connectivity index (χ3v) is 10.6. The van der Waals surface area contributed by atoms with Crippen LogP contribution in [0.3, 0.4) is 0 Å². The Hall–Kier alpha value is -4.84. The molecule has 0 aliphatic heterocycles. The molecule has 2 N–H and O–H groups in total. The topological polar surface area (TPSA) is 151 Å². The Bertz CT molecular complexity index is 2300. The van der Waals surface area contributed by atoms with Crippen LogP contribution >= 0.6 is 54.5 Å². The number of rotatable bonds is 10. The van der Waals surface area contributed by atoms with Gasteiger partial charge in [0.05, 0.1) is 29.4 Å². The molecule has 2 heterocycles. The van der Waals surface area contributed by atoms with Crippen molar-refractivity contribution in [2.24, 2.45) is 0 Å². The molecule has 6 rings (SSSR count). The van der Waals surface area contributed by atoms with Crippen molar-refractivity contribution in [3.05, 3.63) is 108 Å². The molecule has 6 aromatic rings. The van der Waals surface area contributed by atoms with Gasteiger partial charge in [0.15, 0.2) is 13.6 Å². The predicted molar refractivity (Wildman–Crippen MR) is 253 cm³/mol. The van der Waals surface area contributed by atoms with E-state index in [0.29, 0.717) is 0 Å². The van der Waals surface area contributed by atoms with Crippen LogP contribution in [-0.4, -0.2) is 61.3 Å². The minimum absolute atomic E-state index is 0.225. The number of nitrogen functional groups attached to an aromatic ring is 1. The number of methoxy groups -OCH3 is 2. The van der Waals surface area contributed by atoms with Crippen LogP contribution in [0.5, 0.6) is 11.5 Å². The number of benzene rings is 4. The van der Waals surface area contributed by atoms with E-state index in [9.17, 15) is 9.59 Å². The van der Waals surface area contributed by atoms with Crippen molar-refractivity contribution in [2.45, 2.75) is 59.7 Å². The minimum Gasteiger partial charge on any atom is -0.466 e. The number of ether oxygens (including phenoxy) is 7. The Morgan fingerprint density at radius 1 is 0.639 bits per heavy atom. The van der Waals surface area contributed by atoms with E-state index < -0.39 is 23.5 Å². The van der Waals surface area contributed by atoms with Gasteiger partial charge in [-0.05, 0) is 164 Å². The van der Waals surface area contributed by atoms with E-state index in [1.54, 1.807) is 78.4 Å². The second-order valence-corrected chi connectivity index (χ2v) is 18.8. The zero-order chi connectivity index (χ0) is 44.7. The number of fused-ring (bicyclic) bond motifs is 2. The molecule has 0 fully saturated rings. The summed E-state index contributed by atoms with van der Waals surface area (Å²) in [5, 5.41) is 1.95. The summed E-state index contributed by atoms with van der Waals surface area (Å²) in [5.41, 5.74) is 10.6. The summed E-state index contributed by atoms with van der Waals surface area (Å²) < 4.78 is 38.6. The van der Waals surface area contributed by atoms with E-state index in [1.807, 2.05) is 72.8 Å². The van der Waals surface area contributed by atoms with Gasteiger partial charge in [-0.15, -0.1) is 22.7 Å². The lowest BCUT2D eigenvalue weighted by atomic mass is 10.2. The molecule has 324 valence electrons. The Balaban J connectivity index is 0.000000207. The first-order valence-corrected chi connectivity index (χ1v) is 21.9. The summed E-state index contributed by atoms with van der Waals surface area (Å²) in [6.07, 6.45) is 5.99. The predicted octanol–water partition coefficient (Wildman–Crippen LogP) is 13.2. The number of anilines is 1. The first-order valence-electron chi connectivity index (χ1n) is 18.7. The molecule has 0 atom stereocenters. The van der Waals surface area contributed by atoms with Gasteiger partial charge >= 0.3 is 12.3 Å². The highest BCUT2D eigenvalue weighted by Gasteiger charge is 2.24. The Kier molecular flexibility index (Phi) is 18.3. The molecule has 0 unspecified atom stereocenters. The van der Waals surface area contributed by atoms with Gasteiger partial charge in [0.1, 0.15) is 32.7 Å². The van der Waals surface area contributed by atoms with E-state index in [1.165, 1.54) is 10.3 Å². The lowest BCUT2D eigenvalue weighted by Crippen LogP contribution is -2.29. The molecular formula is C45H49Br2N3O9S2. The number of nitrogens with two attached hydrogens (primary N) is 1. The van der Waals surface area contributed by atoms with Crippen LogP contribution in [-0.2, 0) is 23.7 Å². The summed E-state index contributed by atoms with van der Waals surface area (Å²) in [4.78, 5) is 31.2. The molecule has 61 heavy (non-hydrogen) atoms. The monoisotopic (exact) mass is 997 g/mol. The standard InChI is InChI=1S/C18H16BrNO2S.C17H15BrN2O2S.C10H18O5/c1-12-3-6-15-17(9-12)23-18(20-15)8-5-13-4-7-16(14(19)10-13)22-11-21-2;1-21-10-22-15-6-2-11(8-13(15)18)3-7-17-20-14-5-4-12(19)9-16(14)23-17;1-9(2,3)14-7(11)13-8(12)15-10(4,5)6/h3-10H,11H2,1-2H3;2-9H,10,19H2,1H3;1-6H3/b8-5+;7-3+;. The minimum atomic E-state index is -1.06. The fourth-order valence-electron chi connectivity index (χ4n) is 4.82. The van der Waals surface area contributed by atoms with E-state index in [-0.39, 0.29) is 13.6 Å². The fraction of sp³-hybridized carbons (Fsp3) is 0.289. The molecule has 0 radical (unpaired) electrons. The molecule has 0 bridgehead atoms. The molecule has 0 saturated heterocycles. The van der Waals surface area contributed by atoms with Gasteiger partial charge < -0.3 is 38.9 Å². The summed E-state index contributed by atoms with van der Waals surface area (Å²) in [6, 6.07) is 23.9.